The van der Waals surface area contributed by atoms with Gasteiger partial charge in [-0.1, -0.05) is 55.3 Å². The predicted molar refractivity (Wildman–Crippen MR) is 85.5 cm³/mol. The van der Waals surface area contributed by atoms with Crippen LogP contribution in [-0.2, 0) is 5.41 Å². The largest absolute Gasteiger partial charge is 0.493 e. The molecule has 0 saturated heterocycles. The summed E-state index contributed by atoms with van der Waals surface area (Å²) in [4.78, 5) is 0. The number of benzene rings is 1. The molecule has 0 aromatic heterocycles. The van der Waals surface area contributed by atoms with Gasteiger partial charge in [0, 0.05) is 10.7 Å². The molecule has 1 fully saturated rings. The van der Waals surface area contributed by atoms with Gasteiger partial charge in [0.25, 0.3) is 0 Å². The summed E-state index contributed by atoms with van der Waals surface area (Å²) in [6, 6.07) is 6.57. The van der Waals surface area contributed by atoms with E-state index in [1.54, 1.807) is 0 Å². The van der Waals surface area contributed by atoms with Crippen LogP contribution in [0.3, 0.4) is 0 Å². The Morgan fingerprint density at radius 3 is 2.42 bits per heavy atom. The third-order valence-corrected chi connectivity index (χ3v) is 5.37. The van der Waals surface area contributed by atoms with Gasteiger partial charge in [-0.15, -0.1) is 0 Å². The van der Waals surface area contributed by atoms with Crippen molar-refractivity contribution in [2.75, 3.05) is 11.9 Å². The summed E-state index contributed by atoms with van der Waals surface area (Å²) < 4.78 is 6.21. The Morgan fingerprint density at radius 1 is 1.26 bits per heavy atom. The number of rotatable bonds is 4. The first kappa shape index (κ1) is 14.9. The van der Waals surface area contributed by atoms with Gasteiger partial charge < -0.3 is 4.74 Å². The molecule has 1 saturated carbocycles. The van der Waals surface area contributed by atoms with Gasteiger partial charge in [0.05, 0.1) is 6.61 Å². The maximum absolute atomic E-state index is 6.21. The van der Waals surface area contributed by atoms with Crippen LogP contribution in [0, 0.1) is 12.3 Å². The van der Waals surface area contributed by atoms with Gasteiger partial charge in [0.2, 0.25) is 0 Å². The van der Waals surface area contributed by atoms with E-state index in [1.807, 2.05) is 0 Å². The van der Waals surface area contributed by atoms with Crippen molar-refractivity contribution in [2.45, 2.75) is 52.4 Å². The van der Waals surface area contributed by atoms with Crippen molar-refractivity contribution in [2.24, 2.45) is 5.41 Å². The quantitative estimate of drug-likeness (QED) is 0.688. The number of hydrogen-bond acceptors (Lipinski definition) is 1. The van der Waals surface area contributed by atoms with Crippen molar-refractivity contribution >= 4 is 15.9 Å². The maximum Gasteiger partial charge on any atom is 0.123 e. The molecule has 0 bridgehead atoms. The molecule has 1 aromatic carbocycles. The summed E-state index contributed by atoms with van der Waals surface area (Å²) >= 11 is 3.65. The second-order valence-corrected chi connectivity index (χ2v) is 7.59. The standard InChI is InChI=1S/C17H25BrO/c1-13-6-7-14(16(2,3)4)15(10-13)19-12-17(11-18)8-5-9-17/h6-7,10H,5,8-9,11-12H2,1-4H3. The summed E-state index contributed by atoms with van der Waals surface area (Å²) in [6.45, 7) is 9.70. The fraction of sp³-hybridized carbons (Fsp3) is 0.647. The summed E-state index contributed by atoms with van der Waals surface area (Å²) in [7, 11) is 0. The normalized spacial score (nSPS) is 17.9. The minimum Gasteiger partial charge on any atom is -0.493 e. The summed E-state index contributed by atoms with van der Waals surface area (Å²) in [5, 5.41) is 1.05. The summed E-state index contributed by atoms with van der Waals surface area (Å²) in [5.41, 5.74) is 3.08. The van der Waals surface area contributed by atoms with E-state index in [2.05, 4.69) is 61.8 Å². The molecule has 0 spiro atoms. The first-order chi connectivity index (χ1) is 8.86. The molecule has 0 radical (unpaired) electrons. The Labute approximate surface area is 125 Å². The Bertz CT molecular complexity index is 436. The van der Waals surface area contributed by atoms with Crippen LogP contribution in [0.15, 0.2) is 18.2 Å². The molecule has 0 heterocycles. The Kier molecular flexibility index (Phi) is 4.29. The van der Waals surface area contributed by atoms with Gasteiger partial charge in [-0.25, -0.2) is 0 Å². The van der Waals surface area contributed by atoms with E-state index in [-0.39, 0.29) is 5.41 Å². The molecule has 0 amide bonds. The zero-order valence-corrected chi connectivity index (χ0v) is 14.1. The van der Waals surface area contributed by atoms with Crippen molar-refractivity contribution < 1.29 is 4.74 Å². The van der Waals surface area contributed by atoms with Crippen LogP contribution in [0.4, 0.5) is 0 Å². The number of alkyl halides is 1. The van der Waals surface area contributed by atoms with E-state index in [1.165, 1.54) is 30.4 Å². The maximum atomic E-state index is 6.21. The lowest BCUT2D eigenvalue weighted by Crippen LogP contribution is -2.37. The molecule has 0 atom stereocenters. The van der Waals surface area contributed by atoms with Crippen LogP contribution < -0.4 is 4.74 Å². The molecule has 0 aliphatic heterocycles. The second kappa shape index (κ2) is 5.47. The van der Waals surface area contributed by atoms with Crippen molar-refractivity contribution in [1.29, 1.82) is 0 Å². The van der Waals surface area contributed by atoms with E-state index >= 15 is 0 Å². The number of aryl methyl sites for hydroxylation is 1. The summed E-state index contributed by atoms with van der Waals surface area (Å²) in [6.07, 6.45) is 3.92. The van der Waals surface area contributed by atoms with Crippen LogP contribution in [0.5, 0.6) is 5.75 Å². The van der Waals surface area contributed by atoms with E-state index in [0.717, 1.165) is 17.7 Å². The molecule has 1 aliphatic carbocycles. The van der Waals surface area contributed by atoms with Gasteiger partial charge in [-0.2, -0.15) is 0 Å². The third-order valence-electron chi connectivity index (χ3n) is 4.18. The highest BCUT2D eigenvalue weighted by molar-refractivity contribution is 9.09. The molecule has 0 N–H and O–H groups in total. The SMILES string of the molecule is Cc1ccc(C(C)(C)C)c(OCC2(CBr)CCC2)c1. The van der Waals surface area contributed by atoms with Crippen molar-refractivity contribution in [3.8, 4) is 5.75 Å². The number of ether oxygens (including phenoxy) is 1. The van der Waals surface area contributed by atoms with Crippen LogP contribution in [0.2, 0.25) is 0 Å². The Balaban J connectivity index is 2.17. The highest BCUT2D eigenvalue weighted by atomic mass is 79.9. The molecule has 2 rings (SSSR count). The lowest BCUT2D eigenvalue weighted by molar-refractivity contribution is 0.0826. The molecular formula is C17H25BrO. The Morgan fingerprint density at radius 2 is 1.95 bits per heavy atom. The molecule has 1 aliphatic rings. The lowest BCUT2D eigenvalue weighted by atomic mass is 9.71. The highest BCUT2D eigenvalue weighted by Crippen LogP contribution is 2.43. The van der Waals surface area contributed by atoms with Crippen LogP contribution in [-0.4, -0.2) is 11.9 Å². The zero-order chi connectivity index (χ0) is 14.1. The molecule has 0 unspecified atom stereocenters. The van der Waals surface area contributed by atoms with Crippen LogP contribution >= 0.6 is 15.9 Å². The smallest absolute Gasteiger partial charge is 0.123 e. The number of hydrogen-bond donors (Lipinski definition) is 0. The molecule has 2 heteroatoms. The van der Waals surface area contributed by atoms with E-state index in [0.29, 0.717) is 5.41 Å². The monoisotopic (exact) mass is 324 g/mol. The van der Waals surface area contributed by atoms with E-state index in [9.17, 15) is 0 Å². The average Bonchev–Trinajstić information content (AvgIpc) is 2.26. The molecule has 1 aromatic rings. The molecule has 1 nitrogen and oxygen atoms in total. The van der Waals surface area contributed by atoms with Crippen molar-refractivity contribution in [3.63, 3.8) is 0 Å². The number of halogens is 1. The first-order valence-corrected chi connectivity index (χ1v) is 8.28. The van der Waals surface area contributed by atoms with Gasteiger partial charge in [0.1, 0.15) is 5.75 Å². The minimum atomic E-state index is 0.129. The minimum absolute atomic E-state index is 0.129. The van der Waals surface area contributed by atoms with Gasteiger partial charge >= 0.3 is 0 Å². The fourth-order valence-corrected chi connectivity index (χ4v) is 3.32. The van der Waals surface area contributed by atoms with E-state index < -0.39 is 0 Å². The first-order valence-electron chi connectivity index (χ1n) is 7.16. The Hall–Kier alpha value is -0.500. The highest BCUT2D eigenvalue weighted by Gasteiger charge is 2.37. The van der Waals surface area contributed by atoms with Crippen molar-refractivity contribution in [1.82, 2.24) is 0 Å². The van der Waals surface area contributed by atoms with Gasteiger partial charge in [-0.3, -0.25) is 0 Å². The van der Waals surface area contributed by atoms with Gasteiger partial charge in [-0.05, 0) is 42.4 Å². The zero-order valence-electron chi connectivity index (χ0n) is 12.6. The summed E-state index contributed by atoms with van der Waals surface area (Å²) in [5.74, 6) is 1.07. The molecular weight excluding hydrogens is 300 g/mol. The second-order valence-electron chi connectivity index (χ2n) is 7.03. The molecule has 106 valence electrons. The van der Waals surface area contributed by atoms with Crippen molar-refractivity contribution in [3.05, 3.63) is 29.3 Å². The third kappa shape index (κ3) is 3.34. The predicted octanol–water partition coefficient (Wildman–Crippen LogP) is 5.24. The topological polar surface area (TPSA) is 9.23 Å². The fourth-order valence-electron chi connectivity index (χ4n) is 2.59. The average molecular weight is 325 g/mol. The lowest BCUT2D eigenvalue weighted by Gasteiger charge is -2.40. The van der Waals surface area contributed by atoms with Gasteiger partial charge in [0.15, 0.2) is 0 Å². The van der Waals surface area contributed by atoms with Crippen LogP contribution in [0.25, 0.3) is 0 Å². The van der Waals surface area contributed by atoms with Crippen LogP contribution in [0.1, 0.15) is 51.2 Å². The molecule has 19 heavy (non-hydrogen) atoms. The van der Waals surface area contributed by atoms with E-state index in [4.69, 9.17) is 4.74 Å².